The second kappa shape index (κ2) is 6.24. The minimum Gasteiger partial charge on any atom is -0.378 e. The normalized spacial score (nSPS) is 10.4. The minimum absolute atomic E-state index is 0.0319. The van der Waals surface area contributed by atoms with Gasteiger partial charge >= 0.3 is 0 Å². The lowest BCUT2D eigenvalue weighted by atomic mass is 10.2. The zero-order chi connectivity index (χ0) is 14.7. The third-order valence-electron chi connectivity index (χ3n) is 2.98. The molecule has 0 aliphatic carbocycles. The molecule has 2 rings (SSSR count). The first-order chi connectivity index (χ1) is 9.52. The van der Waals surface area contributed by atoms with E-state index in [4.69, 9.17) is 11.6 Å². The Balaban J connectivity index is 2.16. The Bertz CT molecular complexity index is 609. The summed E-state index contributed by atoms with van der Waals surface area (Å²) < 4.78 is 4.22. The number of carbonyl (C=O) groups is 1. The summed E-state index contributed by atoms with van der Waals surface area (Å²) in [5.74, 6) is -0.0319. The van der Waals surface area contributed by atoms with E-state index in [1.165, 1.54) is 11.5 Å². The molecule has 106 valence electrons. The molecule has 0 radical (unpaired) electrons. The van der Waals surface area contributed by atoms with Crippen molar-refractivity contribution in [2.45, 2.75) is 13.5 Å². The molecule has 6 heteroatoms. The fourth-order valence-corrected chi connectivity index (χ4v) is 2.78. The van der Waals surface area contributed by atoms with Crippen LogP contribution in [-0.2, 0) is 6.54 Å². The quantitative estimate of drug-likeness (QED) is 0.941. The number of carbonyl (C=O) groups excluding carboxylic acids is 1. The van der Waals surface area contributed by atoms with Gasteiger partial charge < -0.3 is 10.2 Å². The summed E-state index contributed by atoms with van der Waals surface area (Å²) in [4.78, 5) is 14.2. The van der Waals surface area contributed by atoms with Gasteiger partial charge in [-0.15, -0.1) is 0 Å². The second-order valence-corrected chi connectivity index (χ2v) is 5.72. The van der Waals surface area contributed by atoms with E-state index in [9.17, 15) is 4.79 Å². The highest BCUT2D eigenvalue weighted by molar-refractivity contribution is 7.10. The van der Waals surface area contributed by atoms with Gasteiger partial charge in [0.25, 0.3) is 5.91 Å². The number of amides is 1. The first kappa shape index (κ1) is 14.8. The smallest absolute Gasteiger partial charge is 0.258 e. The van der Waals surface area contributed by atoms with E-state index in [1.54, 1.807) is 19.0 Å². The Morgan fingerprint density at radius 3 is 2.65 bits per heavy atom. The van der Waals surface area contributed by atoms with Crippen molar-refractivity contribution in [3.05, 3.63) is 46.1 Å². The van der Waals surface area contributed by atoms with Crippen LogP contribution in [0.4, 0.5) is 5.00 Å². The number of nitrogens with zero attached hydrogens (tertiary/aromatic N) is 2. The number of aryl methyl sites for hydroxylation is 1. The number of halogens is 1. The SMILES string of the molecule is CNc1snc(C)c1C(=O)N(C)Cc1ccc(Cl)cc1. The lowest BCUT2D eigenvalue weighted by Gasteiger charge is -2.18. The number of hydrogen-bond donors (Lipinski definition) is 1. The van der Waals surface area contributed by atoms with Crippen molar-refractivity contribution < 1.29 is 4.79 Å². The van der Waals surface area contributed by atoms with Gasteiger partial charge in [0.15, 0.2) is 0 Å². The Kier molecular flexibility index (Phi) is 4.62. The molecule has 0 atom stereocenters. The van der Waals surface area contributed by atoms with Gasteiger partial charge in [-0.3, -0.25) is 4.79 Å². The molecule has 4 nitrogen and oxygen atoms in total. The zero-order valence-corrected chi connectivity index (χ0v) is 13.2. The van der Waals surface area contributed by atoms with Gasteiger partial charge in [0.2, 0.25) is 0 Å². The van der Waals surface area contributed by atoms with Gasteiger partial charge in [0, 0.05) is 25.7 Å². The van der Waals surface area contributed by atoms with Crippen LogP contribution in [0.3, 0.4) is 0 Å². The van der Waals surface area contributed by atoms with Crippen molar-refractivity contribution in [3.8, 4) is 0 Å². The van der Waals surface area contributed by atoms with Crippen LogP contribution in [-0.4, -0.2) is 29.3 Å². The molecule has 1 aromatic carbocycles. The monoisotopic (exact) mass is 309 g/mol. The Morgan fingerprint density at radius 1 is 1.40 bits per heavy atom. The first-order valence-electron chi connectivity index (χ1n) is 6.17. The van der Waals surface area contributed by atoms with Crippen LogP contribution in [0.15, 0.2) is 24.3 Å². The van der Waals surface area contributed by atoms with E-state index < -0.39 is 0 Å². The summed E-state index contributed by atoms with van der Waals surface area (Å²) in [6.45, 7) is 2.38. The number of nitrogens with one attached hydrogen (secondary N) is 1. The fraction of sp³-hybridized carbons (Fsp3) is 0.286. The van der Waals surface area contributed by atoms with Crippen LogP contribution < -0.4 is 5.32 Å². The molecule has 1 N–H and O–H groups in total. The van der Waals surface area contributed by atoms with Crippen LogP contribution in [0.1, 0.15) is 21.6 Å². The van der Waals surface area contributed by atoms with E-state index in [1.807, 2.05) is 31.2 Å². The molecule has 1 aromatic heterocycles. The predicted molar refractivity (Wildman–Crippen MR) is 83.6 cm³/mol. The molecule has 0 unspecified atom stereocenters. The number of hydrogen-bond acceptors (Lipinski definition) is 4. The molecule has 0 saturated carbocycles. The second-order valence-electron chi connectivity index (χ2n) is 4.51. The van der Waals surface area contributed by atoms with E-state index in [-0.39, 0.29) is 5.91 Å². The summed E-state index contributed by atoms with van der Waals surface area (Å²) in [5, 5.41) is 4.51. The van der Waals surface area contributed by atoms with Crippen LogP contribution in [0.5, 0.6) is 0 Å². The van der Waals surface area contributed by atoms with Crippen LogP contribution in [0.25, 0.3) is 0 Å². The molecule has 0 aliphatic heterocycles. The average molecular weight is 310 g/mol. The summed E-state index contributed by atoms with van der Waals surface area (Å²) >= 11 is 7.16. The maximum Gasteiger partial charge on any atom is 0.258 e. The van der Waals surface area contributed by atoms with Crippen LogP contribution >= 0.6 is 23.1 Å². The molecule has 0 saturated heterocycles. The fourth-order valence-electron chi connectivity index (χ4n) is 1.92. The Labute approximate surface area is 127 Å². The van der Waals surface area contributed by atoms with E-state index >= 15 is 0 Å². The zero-order valence-electron chi connectivity index (χ0n) is 11.6. The number of rotatable bonds is 4. The highest BCUT2D eigenvalue weighted by atomic mass is 35.5. The average Bonchev–Trinajstić information content (AvgIpc) is 2.81. The largest absolute Gasteiger partial charge is 0.378 e. The maximum absolute atomic E-state index is 12.5. The molecular formula is C14H16ClN3OS. The van der Waals surface area contributed by atoms with Crippen molar-refractivity contribution in [1.82, 2.24) is 9.27 Å². The van der Waals surface area contributed by atoms with Crippen LogP contribution in [0.2, 0.25) is 5.02 Å². The third kappa shape index (κ3) is 3.11. The predicted octanol–water partition coefficient (Wildman–Crippen LogP) is 3.42. The van der Waals surface area contributed by atoms with Crippen LogP contribution in [0, 0.1) is 6.92 Å². The summed E-state index contributed by atoms with van der Waals surface area (Å²) in [6.07, 6.45) is 0. The first-order valence-corrected chi connectivity index (χ1v) is 7.32. The minimum atomic E-state index is -0.0319. The maximum atomic E-state index is 12.5. The molecule has 1 amide bonds. The van der Waals surface area contributed by atoms with Crippen molar-refractivity contribution >= 4 is 34.0 Å². The summed E-state index contributed by atoms with van der Waals surface area (Å²) in [6, 6.07) is 7.49. The lowest BCUT2D eigenvalue weighted by Crippen LogP contribution is -2.27. The van der Waals surface area contributed by atoms with Crippen molar-refractivity contribution in [3.63, 3.8) is 0 Å². The third-order valence-corrected chi connectivity index (χ3v) is 4.19. The van der Waals surface area contributed by atoms with E-state index in [2.05, 4.69) is 9.69 Å². The lowest BCUT2D eigenvalue weighted by molar-refractivity contribution is 0.0785. The van der Waals surface area contributed by atoms with E-state index in [0.29, 0.717) is 17.1 Å². The van der Waals surface area contributed by atoms with Gasteiger partial charge in [-0.2, -0.15) is 4.37 Å². The van der Waals surface area contributed by atoms with E-state index in [0.717, 1.165) is 16.3 Å². The molecule has 2 aromatic rings. The van der Waals surface area contributed by atoms with Gasteiger partial charge in [-0.1, -0.05) is 23.7 Å². The Morgan fingerprint density at radius 2 is 2.05 bits per heavy atom. The Hall–Kier alpha value is -1.59. The molecule has 0 aliphatic rings. The molecule has 0 fully saturated rings. The molecule has 0 bridgehead atoms. The summed E-state index contributed by atoms with van der Waals surface area (Å²) in [7, 11) is 3.58. The van der Waals surface area contributed by atoms with Crippen molar-refractivity contribution in [2.24, 2.45) is 0 Å². The van der Waals surface area contributed by atoms with Gasteiger partial charge in [0.05, 0.1) is 11.3 Å². The number of aromatic nitrogens is 1. The molecule has 1 heterocycles. The number of benzene rings is 1. The highest BCUT2D eigenvalue weighted by Gasteiger charge is 2.21. The van der Waals surface area contributed by atoms with Gasteiger partial charge in [-0.05, 0) is 36.2 Å². The topological polar surface area (TPSA) is 45.2 Å². The van der Waals surface area contributed by atoms with Gasteiger partial charge in [-0.25, -0.2) is 0 Å². The molecule has 20 heavy (non-hydrogen) atoms. The highest BCUT2D eigenvalue weighted by Crippen LogP contribution is 2.25. The van der Waals surface area contributed by atoms with Crippen molar-refractivity contribution in [1.29, 1.82) is 0 Å². The molecule has 0 spiro atoms. The standard InChI is InChI=1S/C14H16ClN3OS/c1-9-12(13(16-2)20-17-9)14(19)18(3)8-10-4-6-11(15)7-5-10/h4-7,16H,8H2,1-3H3. The summed E-state index contributed by atoms with van der Waals surface area (Å²) in [5.41, 5.74) is 2.44. The molecular weight excluding hydrogens is 294 g/mol. The van der Waals surface area contributed by atoms with Crippen molar-refractivity contribution in [2.75, 3.05) is 19.4 Å². The van der Waals surface area contributed by atoms with Gasteiger partial charge in [0.1, 0.15) is 5.00 Å². The number of anilines is 1.